The number of rotatable bonds is 8. The lowest BCUT2D eigenvalue weighted by atomic mass is 9.93. The van der Waals surface area contributed by atoms with Gasteiger partial charge in [0.15, 0.2) is 0 Å². The Morgan fingerprint density at radius 1 is 0.947 bits per heavy atom. The first kappa shape index (κ1) is 26.4. The number of nitrogens with zero attached hydrogens (tertiary/aromatic N) is 5. The molecule has 2 saturated heterocycles. The minimum atomic E-state index is -0.111. The molecule has 0 radical (unpaired) electrons. The molecular weight excluding hydrogens is 478 g/mol. The molecule has 9 heteroatoms. The van der Waals surface area contributed by atoms with Crippen LogP contribution in [0.5, 0.6) is 0 Å². The maximum Gasteiger partial charge on any atom is 0.318 e. The van der Waals surface area contributed by atoms with Gasteiger partial charge in [0.25, 0.3) is 5.91 Å². The number of benzene rings is 1. The Bertz CT molecular complexity index is 1060. The quantitative estimate of drug-likeness (QED) is 0.556. The molecule has 2 aliphatic heterocycles. The van der Waals surface area contributed by atoms with Crippen molar-refractivity contribution in [2.24, 2.45) is 5.92 Å². The van der Waals surface area contributed by atoms with Crippen molar-refractivity contribution >= 4 is 17.9 Å². The van der Waals surface area contributed by atoms with Crippen LogP contribution in [-0.4, -0.2) is 82.6 Å². The van der Waals surface area contributed by atoms with E-state index in [2.05, 4.69) is 74.6 Å². The van der Waals surface area contributed by atoms with Crippen LogP contribution in [0.2, 0.25) is 0 Å². The van der Waals surface area contributed by atoms with Gasteiger partial charge < -0.3 is 20.4 Å². The van der Waals surface area contributed by atoms with E-state index in [1.54, 1.807) is 12.4 Å². The van der Waals surface area contributed by atoms with E-state index in [0.717, 1.165) is 45.4 Å². The van der Waals surface area contributed by atoms with Gasteiger partial charge in [0, 0.05) is 56.7 Å². The summed E-state index contributed by atoms with van der Waals surface area (Å²) in [5, 5.41) is 6.15. The first-order chi connectivity index (χ1) is 18.5. The highest BCUT2D eigenvalue weighted by Crippen LogP contribution is 2.23. The molecule has 0 spiro atoms. The lowest BCUT2D eigenvalue weighted by Gasteiger charge is -2.44. The predicted molar refractivity (Wildman–Crippen MR) is 148 cm³/mol. The molecule has 3 heterocycles. The van der Waals surface area contributed by atoms with Crippen LogP contribution >= 0.6 is 0 Å². The summed E-state index contributed by atoms with van der Waals surface area (Å²) < 4.78 is 0. The average molecular weight is 520 g/mol. The van der Waals surface area contributed by atoms with Crippen LogP contribution in [-0.2, 0) is 6.54 Å². The third-order valence-electron chi connectivity index (χ3n) is 8.03. The topological polar surface area (TPSA) is 93.7 Å². The largest absolute Gasteiger partial charge is 0.349 e. The summed E-state index contributed by atoms with van der Waals surface area (Å²) >= 11 is 0. The third-order valence-corrected chi connectivity index (χ3v) is 8.03. The summed E-state index contributed by atoms with van der Waals surface area (Å²) in [5.41, 5.74) is 1.86. The van der Waals surface area contributed by atoms with Gasteiger partial charge in [-0.1, -0.05) is 30.3 Å². The second kappa shape index (κ2) is 12.1. The highest BCUT2D eigenvalue weighted by Gasteiger charge is 2.34. The third kappa shape index (κ3) is 6.81. The van der Waals surface area contributed by atoms with E-state index in [4.69, 9.17) is 0 Å². The van der Waals surface area contributed by atoms with Crippen LogP contribution in [0.3, 0.4) is 0 Å². The van der Waals surface area contributed by atoms with Gasteiger partial charge in [-0.2, -0.15) is 0 Å². The minimum Gasteiger partial charge on any atom is -0.349 e. The monoisotopic (exact) mass is 519 g/mol. The van der Waals surface area contributed by atoms with Crippen molar-refractivity contribution in [1.29, 1.82) is 0 Å². The van der Waals surface area contributed by atoms with Crippen molar-refractivity contribution in [1.82, 2.24) is 30.4 Å². The molecule has 2 atom stereocenters. The molecule has 2 N–H and O–H groups in total. The number of piperazine rings is 1. The SMILES string of the molecule is C[C@@H]1CN(c2ncc(C(=O)NC3CC3)cn2)C[C@H](C)N1C(=O)NCCC1CCN(Cc2ccccc2)CC1. The van der Waals surface area contributed by atoms with Crippen molar-refractivity contribution in [3.05, 3.63) is 53.9 Å². The number of hydrogen-bond acceptors (Lipinski definition) is 6. The zero-order chi connectivity index (χ0) is 26.5. The van der Waals surface area contributed by atoms with Crippen LogP contribution in [0, 0.1) is 5.92 Å². The normalized spacial score (nSPS) is 22.8. The van der Waals surface area contributed by atoms with Crippen molar-refractivity contribution in [2.45, 2.75) is 70.6 Å². The number of carbonyl (C=O) groups excluding carboxylic acids is 2. The van der Waals surface area contributed by atoms with Crippen LogP contribution in [0.4, 0.5) is 10.7 Å². The molecule has 3 aliphatic rings. The summed E-state index contributed by atoms with van der Waals surface area (Å²) in [4.78, 5) is 40.8. The highest BCUT2D eigenvalue weighted by molar-refractivity contribution is 5.94. The molecule has 0 unspecified atom stereocenters. The fourth-order valence-electron chi connectivity index (χ4n) is 5.73. The maximum atomic E-state index is 13.1. The zero-order valence-electron chi connectivity index (χ0n) is 22.7. The molecule has 1 aromatic carbocycles. The number of nitrogens with one attached hydrogen (secondary N) is 2. The molecule has 38 heavy (non-hydrogen) atoms. The van der Waals surface area contributed by atoms with Crippen molar-refractivity contribution in [2.75, 3.05) is 37.6 Å². The zero-order valence-corrected chi connectivity index (χ0v) is 22.7. The lowest BCUT2D eigenvalue weighted by Crippen LogP contribution is -2.61. The summed E-state index contributed by atoms with van der Waals surface area (Å²) in [6, 6.07) is 11.1. The van der Waals surface area contributed by atoms with Crippen LogP contribution in [0.25, 0.3) is 0 Å². The number of anilines is 1. The molecule has 1 aromatic heterocycles. The van der Waals surface area contributed by atoms with Crippen molar-refractivity contribution < 1.29 is 9.59 Å². The molecule has 0 bridgehead atoms. The maximum absolute atomic E-state index is 13.1. The average Bonchev–Trinajstić information content (AvgIpc) is 3.74. The molecular formula is C29H41N7O2. The van der Waals surface area contributed by atoms with E-state index in [1.807, 2.05) is 4.90 Å². The van der Waals surface area contributed by atoms with E-state index in [0.29, 0.717) is 36.6 Å². The summed E-state index contributed by atoms with van der Waals surface area (Å²) in [6.45, 7) is 9.45. The molecule has 204 valence electrons. The Balaban J connectivity index is 1.03. The Hall–Kier alpha value is -3.20. The van der Waals surface area contributed by atoms with Gasteiger partial charge in [0.05, 0.1) is 5.56 Å². The molecule has 2 aromatic rings. The van der Waals surface area contributed by atoms with Crippen LogP contribution in [0.1, 0.15) is 61.9 Å². The standard InChI is InChI=1S/C29H41N7O2/c1-21-18-35(28-31-16-25(17-32-28)27(37)33-26-8-9-26)19-22(2)36(21)29(38)30-13-10-23-11-14-34(15-12-23)20-24-6-4-3-5-7-24/h3-7,16-17,21-23,26H,8-15,18-20H2,1-2H3,(H,30,38)(H,33,37)/t21-,22+. The molecule has 9 nitrogen and oxygen atoms in total. The molecule has 5 rings (SSSR count). The lowest BCUT2D eigenvalue weighted by molar-refractivity contribution is 0.0950. The molecule has 1 saturated carbocycles. The Morgan fingerprint density at radius 3 is 2.24 bits per heavy atom. The Kier molecular flexibility index (Phi) is 8.42. The Labute approximate surface area is 226 Å². The van der Waals surface area contributed by atoms with Crippen molar-refractivity contribution in [3.8, 4) is 0 Å². The summed E-state index contributed by atoms with van der Waals surface area (Å²) in [7, 11) is 0. The number of carbonyl (C=O) groups is 2. The molecule has 1 aliphatic carbocycles. The molecule has 3 fully saturated rings. The smallest absolute Gasteiger partial charge is 0.318 e. The summed E-state index contributed by atoms with van der Waals surface area (Å²) in [5.74, 6) is 1.16. The second-order valence-corrected chi connectivity index (χ2v) is 11.3. The van der Waals surface area contributed by atoms with E-state index in [1.165, 1.54) is 18.4 Å². The number of urea groups is 1. The van der Waals surface area contributed by atoms with Gasteiger partial charge in [-0.3, -0.25) is 9.69 Å². The van der Waals surface area contributed by atoms with Gasteiger partial charge in [-0.25, -0.2) is 14.8 Å². The van der Waals surface area contributed by atoms with Gasteiger partial charge in [-0.05, 0) is 70.5 Å². The first-order valence-electron chi connectivity index (χ1n) is 14.2. The van der Waals surface area contributed by atoms with E-state index in [9.17, 15) is 9.59 Å². The molecule has 3 amide bonds. The van der Waals surface area contributed by atoms with E-state index < -0.39 is 0 Å². The fraction of sp³-hybridized carbons (Fsp3) is 0.586. The van der Waals surface area contributed by atoms with E-state index >= 15 is 0 Å². The van der Waals surface area contributed by atoms with E-state index in [-0.39, 0.29) is 24.0 Å². The number of likely N-dealkylation sites (tertiary alicyclic amines) is 1. The van der Waals surface area contributed by atoms with Crippen LogP contribution < -0.4 is 15.5 Å². The summed E-state index contributed by atoms with van der Waals surface area (Å²) in [6.07, 6.45) is 8.70. The minimum absolute atomic E-state index is 0.0131. The van der Waals surface area contributed by atoms with Gasteiger partial charge in [-0.15, -0.1) is 0 Å². The number of aromatic nitrogens is 2. The van der Waals surface area contributed by atoms with Gasteiger partial charge >= 0.3 is 6.03 Å². The number of amides is 3. The van der Waals surface area contributed by atoms with Crippen LogP contribution in [0.15, 0.2) is 42.7 Å². The number of hydrogen-bond donors (Lipinski definition) is 2. The van der Waals surface area contributed by atoms with Gasteiger partial charge in [0.1, 0.15) is 0 Å². The number of piperidine rings is 1. The predicted octanol–water partition coefficient (Wildman–Crippen LogP) is 3.28. The Morgan fingerprint density at radius 2 is 1.61 bits per heavy atom. The van der Waals surface area contributed by atoms with Gasteiger partial charge in [0.2, 0.25) is 5.95 Å². The fourth-order valence-corrected chi connectivity index (χ4v) is 5.73. The highest BCUT2D eigenvalue weighted by atomic mass is 16.2. The first-order valence-corrected chi connectivity index (χ1v) is 14.2. The second-order valence-electron chi connectivity index (χ2n) is 11.3. The van der Waals surface area contributed by atoms with Crippen molar-refractivity contribution in [3.63, 3.8) is 0 Å².